The van der Waals surface area contributed by atoms with Crippen LogP contribution < -0.4 is 16.0 Å². The number of anilines is 1. The van der Waals surface area contributed by atoms with Crippen LogP contribution in [0.1, 0.15) is 52.8 Å². The van der Waals surface area contributed by atoms with Crippen LogP contribution in [0.25, 0.3) is 0 Å². The second-order valence-electron chi connectivity index (χ2n) is 9.17. The monoisotopic (exact) mass is 428 g/mol. The number of benzene rings is 1. The first kappa shape index (κ1) is 21.3. The van der Waals surface area contributed by atoms with Gasteiger partial charge in [-0.25, -0.2) is 4.79 Å². The molecule has 1 unspecified atom stereocenters. The summed E-state index contributed by atoms with van der Waals surface area (Å²) >= 11 is 0. The molecule has 2 saturated heterocycles. The van der Waals surface area contributed by atoms with Crippen molar-refractivity contribution in [1.82, 2.24) is 15.5 Å². The van der Waals surface area contributed by atoms with E-state index in [-0.39, 0.29) is 29.9 Å². The Labute approximate surface area is 180 Å². The summed E-state index contributed by atoms with van der Waals surface area (Å²) in [6.45, 7) is 2.98. The number of carboxylic acid groups (broad SMARTS) is 1. The van der Waals surface area contributed by atoms with Gasteiger partial charge in [-0.3, -0.25) is 19.7 Å². The summed E-state index contributed by atoms with van der Waals surface area (Å²) in [4.78, 5) is 50.2. The van der Waals surface area contributed by atoms with Crippen LogP contribution in [-0.4, -0.2) is 66.4 Å². The van der Waals surface area contributed by atoms with Crippen molar-refractivity contribution in [2.24, 2.45) is 11.3 Å². The van der Waals surface area contributed by atoms with Gasteiger partial charge in [0.15, 0.2) is 0 Å². The van der Waals surface area contributed by atoms with Gasteiger partial charge in [0.05, 0.1) is 11.1 Å². The summed E-state index contributed by atoms with van der Waals surface area (Å²) in [6.07, 6.45) is 3.72. The molecular formula is C22H28N4O5. The van der Waals surface area contributed by atoms with Gasteiger partial charge in [0.25, 0.3) is 5.91 Å². The van der Waals surface area contributed by atoms with Gasteiger partial charge >= 0.3 is 5.97 Å². The minimum absolute atomic E-state index is 0.0118. The van der Waals surface area contributed by atoms with Crippen molar-refractivity contribution < 1.29 is 24.3 Å². The third kappa shape index (κ3) is 4.41. The molecule has 2 aliphatic heterocycles. The Morgan fingerprint density at radius 2 is 2.00 bits per heavy atom. The summed E-state index contributed by atoms with van der Waals surface area (Å²) in [5.74, 6) is -2.17. The van der Waals surface area contributed by atoms with Gasteiger partial charge in [0, 0.05) is 31.7 Å². The molecule has 9 heteroatoms. The Hall–Kier alpha value is -2.94. The molecule has 31 heavy (non-hydrogen) atoms. The lowest BCUT2D eigenvalue weighted by atomic mass is 9.57. The highest BCUT2D eigenvalue weighted by Gasteiger charge is 2.50. The van der Waals surface area contributed by atoms with Crippen LogP contribution in [0.3, 0.4) is 0 Å². The van der Waals surface area contributed by atoms with Crippen LogP contribution >= 0.6 is 0 Å². The molecule has 4 N–H and O–H groups in total. The molecule has 3 fully saturated rings. The number of carbonyl (C=O) groups excluding carboxylic acids is 3. The van der Waals surface area contributed by atoms with Gasteiger partial charge in [-0.1, -0.05) is 6.07 Å². The first-order valence-corrected chi connectivity index (χ1v) is 10.7. The zero-order valence-electron chi connectivity index (χ0n) is 17.6. The maximum Gasteiger partial charge on any atom is 0.338 e. The zero-order chi connectivity index (χ0) is 22.2. The van der Waals surface area contributed by atoms with E-state index < -0.39 is 23.8 Å². The van der Waals surface area contributed by atoms with E-state index in [0.29, 0.717) is 23.6 Å². The first-order chi connectivity index (χ1) is 14.8. The van der Waals surface area contributed by atoms with Crippen LogP contribution in [0.4, 0.5) is 5.69 Å². The molecule has 2 heterocycles. The number of amides is 3. The summed E-state index contributed by atoms with van der Waals surface area (Å²) in [5.41, 5.74) is 0.778. The van der Waals surface area contributed by atoms with E-state index in [1.165, 1.54) is 32.0 Å². The number of carboxylic acids is 1. The molecule has 3 aliphatic rings. The van der Waals surface area contributed by atoms with Gasteiger partial charge in [0.2, 0.25) is 11.8 Å². The average molecular weight is 428 g/mol. The molecule has 1 aliphatic carbocycles. The maximum absolute atomic E-state index is 12.7. The SMILES string of the molecule is CN1CC2(CC(CCNc3cccc(C(=O)NC4CCC(=O)NC4=O)c3C(=O)O)C2)C1. The molecule has 1 aromatic rings. The number of rotatable bonds is 7. The Bertz CT molecular complexity index is 916. The first-order valence-electron chi connectivity index (χ1n) is 10.7. The smallest absolute Gasteiger partial charge is 0.338 e. The summed E-state index contributed by atoms with van der Waals surface area (Å²) in [5, 5.41) is 17.6. The number of piperidine rings is 1. The van der Waals surface area contributed by atoms with Crippen LogP contribution in [0, 0.1) is 11.3 Å². The van der Waals surface area contributed by atoms with Gasteiger partial charge in [0.1, 0.15) is 6.04 Å². The normalized spacial score (nSPS) is 22.9. The van der Waals surface area contributed by atoms with E-state index in [9.17, 15) is 24.3 Å². The van der Waals surface area contributed by atoms with Crippen molar-refractivity contribution in [2.45, 2.75) is 38.1 Å². The largest absolute Gasteiger partial charge is 0.478 e. The number of nitrogens with one attached hydrogen (secondary N) is 3. The van der Waals surface area contributed by atoms with E-state index >= 15 is 0 Å². The number of imide groups is 1. The molecule has 166 valence electrons. The zero-order valence-corrected chi connectivity index (χ0v) is 17.6. The third-order valence-corrected chi connectivity index (χ3v) is 6.59. The van der Waals surface area contributed by atoms with Gasteiger partial charge < -0.3 is 20.6 Å². The number of likely N-dealkylation sites (tertiary alicyclic amines) is 1. The Morgan fingerprint density at radius 3 is 2.65 bits per heavy atom. The van der Waals surface area contributed by atoms with Crippen LogP contribution in [0.5, 0.6) is 0 Å². The van der Waals surface area contributed by atoms with E-state index in [0.717, 1.165) is 6.42 Å². The van der Waals surface area contributed by atoms with Crippen molar-refractivity contribution >= 4 is 29.4 Å². The molecule has 4 rings (SSSR count). The molecule has 1 saturated carbocycles. The number of aromatic carboxylic acids is 1. The molecule has 1 atom stereocenters. The Balaban J connectivity index is 1.37. The Morgan fingerprint density at radius 1 is 1.26 bits per heavy atom. The lowest BCUT2D eigenvalue weighted by molar-refractivity contribution is -0.134. The number of nitrogens with zero attached hydrogens (tertiary/aromatic N) is 1. The quantitative estimate of drug-likeness (QED) is 0.478. The van der Waals surface area contributed by atoms with E-state index in [1.807, 2.05) is 0 Å². The van der Waals surface area contributed by atoms with Crippen molar-refractivity contribution in [3.8, 4) is 0 Å². The molecule has 9 nitrogen and oxygen atoms in total. The van der Waals surface area contributed by atoms with Crippen LogP contribution in [-0.2, 0) is 9.59 Å². The topological polar surface area (TPSA) is 128 Å². The molecule has 0 aromatic heterocycles. The van der Waals surface area contributed by atoms with Crippen molar-refractivity contribution in [1.29, 1.82) is 0 Å². The lowest BCUT2D eigenvalue weighted by Gasteiger charge is -2.58. The molecule has 0 bridgehead atoms. The maximum atomic E-state index is 12.7. The van der Waals surface area contributed by atoms with Crippen molar-refractivity contribution in [3.05, 3.63) is 29.3 Å². The fourth-order valence-electron chi connectivity index (χ4n) is 5.32. The highest BCUT2D eigenvalue weighted by Crippen LogP contribution is 2.52. The average Bonchev–Trinajstić information content (AvgIpc) is 2.66. The fourth-order valence-corrected chi connectivity index (χ4v) is 5.32. The second kappa shape index (κ2) is 8.30. The van der Waals surface area contributed by atoms with Crippen LogP contribution in [0.2, 0.25) is 0 Å². The van der Waals surface area contributed by atoms with Gasteiger partial charge in [-0.05, 0) is 56.2 Å². The fraction of sp³-hybridized carbons (Fsp3) is 0.545. The number of carbonyl (C=O) groups is 4. The van der Waals surface area contributed by atoms with E-state index in [2.05, 4.69) is 27.9 Å². The molecule has 1 aromatic carbocycles. The van der Waals surface area contributed by atoms with Crippen molar-refractivity contribution in [2.75, 3.05) is 32.0 Å². The highest BCUT2D eigenvalue weighted by atomic mass is 16.4. The second-order valence-corrected chi connectivity index (χ2v) is 9.17. The highest BCUT2D eigenvalue weighted by molar-refractivity contribution is 6.10. The number of hydrogen-bond acceptors (Lipinski definition) is 6. The van der Waals surface area contributed by atoms with Gasteiger partial charge in [-0.15, -0.1) is 0 Å². The Kier molecular flexibility index (Phi) is 5.70. The molecule has 0 radical (unpaired) electrons. The van der Waals surface area contributed by atoms with E-state index in [4.69, 9.17) is 0 Å². The predicted octanol–water partition coefficient (Wildman–Crippen LogP) is 1.06. The standard InChI is InChI=1S/C22H28N4O5/c1-26-11-22(12-26)9-13(10-22)7-8-23-15-4-2-3-14(18(15)21(30)31)19(28)24-16-5-6-17(27)25-20(16)29/h2-4,13,16,23H,5-12H2,1H3,(H,24,28)(H,30,31)(H,25,27,29). The predicted molar refractivity (Wildman–Crippen MR) is 113 cm³/mol. The molecular weight excluding hydrogens is 400 g/mol. The third-order valence-electron chi connectivity index (χ3n) is 6.59. The van der Waals surface area contributed by atoms with E-state index in [1.54, 1.807) is 12.1 Å². The molecule has 3 amide bonds. The van der Waals surface area contributed by atoms with Crippen LogP contribution in [0.15, 0.2) is 18.2 Å². The lowest BCUT2D eigenvalue weighted by Crippen LogP contribution is -2.60. The molecule has 1 spiro atoms. The minimum Gasteiger partial charge on any atom is -0.478 e. The van der Waals surface area contributed by atoms with Crippen molar-refractivity contribution in [3.63, 3.8) is 0 Å². The summed E-state index contributed by atoms with van der Waals surface area (Å²) in [6, 6.07) is 3.84. The minimum atomic E-state index is -1.21. The summed E-state index contributed by atoms with van der Waals surface area (Å²) in [7, 11) is 2.14. The summed E-state index contributed by atoms with van der Waals surface area (Å²) < 4.78 is 0. The number of hydrogen-bond donors (Lipinski definition) is 4. The van der Waals surface area contributed by atoms with Gasteiger partial charge in [-0.2, -0.15) is 0 Å².